The van der Waals surface area contributed by atoms with Gasteiger partial charge in [0.15, 0.2) is 0 Å². The summed E-state index contributed by atoms with van der Waals surface area (Å²) in [7, 11) is 0. The molecule has 0 N–H and O–H groups in total. The van der Waals surface area contributed by atoms with Crippen molar-refractivity contribution < 1.29 is 4.74 Å². The molecule has 1 fully saturated rings. The van der Waals surface area contributed by atoms with Crippen LogP contribution < -0.4 is 4.74 Å². The number of hydrogen-bond acceptors (Lipinski definition) is 2. The lowest BCUT2D eigenvalue weighted by Gasteiger charge is -2.50. The zero-order valence-corrected chi connectivity index (χ0v) is 9.87. The van der Waals surface area contributed by atoms with Crippen molar-refractivity contribution in [2.45, 2.75) is 38.2 Å². The Kier molecular flexibility index (Phi) is 2.87. The normalized spacial score (nSPS) is 34.6. The third-order valence-corrected chi connectivity index (χ3v) is 4.22. The average Bonchev–Trinajstić information content (AvgIpc) is 2.29. The number of rotatable bonds is 3. The van der Waals surface area contributed by atoms with Crippen molar-refractivity contribution in [2.75, 3.05) is 0 Å². The summed E-state index contributed by atoms with van der Waals surface area (Å²) in [6.07, 6.45) is 5.70. The SMILES string of the molecule is CCC1(C)C(Cl)CC1Oc1cccnc1. The second kappa shape index (κ2) is 4.01. The summed E-state index contributed by atoms with van der Waals surface area (Å²) in [5.41, 5.74) is 0.109. The molecule has 0 aliphatic heterocycles. The zero-order chi connectivity index (χ0) is 10.9. The molecule has 15 heavy (non-hydrogen) atoms. The minimum atomic E-state index is 0.109. The molecular weight excluding hydrogens is 210 g/mol. The molecule has 1 aliphatic carbocycles. The molecule has 0 amide bonds. The maximum atomic E-state index is 6.22. The minimum Gasteiger partial charge on any atom is -0.488 e. The van der Waals surface area contributed by atoms with Gasteiger partial charge in [-0.25, -0.2) is 0 Å². The van der Waals surface area contributed by atoms with E-state index in [-0.39, 0.29) is 16.9 Å². The van der Waals surface area contributed by atoms with E-state index in [0.717, 1.165) is 18.6 Å². The molecule has 82 valence electrons. The molecule has 0 radical (unpaired) electrons. The lowest BCUT2D eigenvalue weighted by Crippen LogP contribution is -2.55. The molecule has 1 saturated carbocycles. The molecular formula is C12H16ClNO. The van der Waals surface area contributed by atoms with Gasteiger partial charge in [-0.2, -0.15) is 0 Å². The number of alkyl halides is 1. The van der Waals surface area contributed by atoms with E-state index >= 15 is 0 Å². The average molecular weight is 226 g/mol. The van der Waals surface area contributed by atoms with Gasteiger partial charge in [0, 0.05) is 23.4 Å². The van der Waals surface area contributed by atoms with Gasteiger partial charge in [-0.05, 0) is 18.6 Å². The van der Waals surface area contributed by atoms with Crippen LogP contribution in [0, 0.1) is 5.41 Å². The van der Waals surface area contributed by atoms with Crippen molar-refractivity contribution in [3.8, 4) is 5.75 Å². The summed E-state index contributed by atoms with van der Waals surface area (Å²) < 4.78 is 5.88. The van der Waals surface area contributed by atoms with Crippen LogP contribution in [-0.2, 0) is 0 Å². The summed E-state index contributed by atoms with van der Waals surface area (Å²) in [6, 6.07) is 3.82. The van der Waals surface area contributed by atoms with Gasteiger partial charge in [-0.15, -0.1) is 11.6 Å². The van der Waals surface area contributed by atoms with Gasteiger partial charge < -0.3 is 4.74 Å². The second-order valence-electron chi connectivity index (χ2n) is 4.36. The van der Waals surface area contributed by atoms with Gasteiger partial charge in [0.2, 0.25) is 0 Å². The fraction of sp³-hybridized carbons (Fsp3) is 0.583. The second-order valence-corrected chi connectivity index (χ2v) is 4.88. The number of pyridine rings is 1. The van der Waals surface area contributed by atoms with Gasteiger partial charge in [0.25, 0.3) is 0 Å². The Labute approximate surface area is 95.6 Å². The third-order valence-electron chi connectivity index (χ3n) is 3.55. The molecule has 0 aromatic carbocycles. The molecule has 2 rings (SSSR count). The smallest absolute Gasteiger partial charge is 0.138 e. The van der Waals surface area contributed by atoms with Crippen molar-refractivity contribution in [3.63, 3.8) is 0 Å². The summed E-state index contributed by atoms with van der Waals surface area (Å²) in [4.78, 5) is 4.03. The Morgan fingerprint density at radius 3 is 3.00 bits per heavy atom. The molecule has 2 nitrogen and oxygen atoms in total. The van der Waals surface area contributed by atoms with Crippen LogP contribution in [-0.4, -0.2) is 16.5 Å². The molecule has 0 bridgehead atoms. The van der Waals surface area contributed by atoms with Crippen LogP contribution in [0.25, 0.3) is 0 Å². The quantitative estimate of drug-likeness (QED) is 0.737. The van der Waals surface area contributed by atoms with E-state index in [0.29, 0.717) is 0 Å². The van der Waals surface area contributed by atoms with Crippen LogP contribution in [0.15, 0.2) is 24.5 Å². The molecule has 0 spiro atoms. The Bertz CT molecular complexity index is 330. The highest BCUT2D eigenvalue weighted by Gasteiger charge is 2.51. The Hall–Kier alpha value is -0.760. The molecule has 3 unspecified atom stereocenters. The van der Waals surface area contributed by atoms with Crippen LogP contribution in [0.5, 0.6) is 5.75 Å². The van der Waals surface area contributed by atoms with Crippen molar-refractivity contribution in [1.82, 2.24) is 4.98 Å². The summed E-state index contributed by atoms with van der Waals surface area (Å²) in [5, 5.41) is 0.240. The van der Waals surface area contributed by atoms with E-state index in [2.05, 4.69) is 18.8 Å². The number of halogens is 1. The van der Waals surface area contributed by atoms with Gasteiger partial charge >= 0.3 is 0 Å². The molecule has 1 aromatic rings. The Morgan fingerprint density at radius 2 is 2.47 bits per heavy atom. The molecule has 1 aromatic heterocycles. The van der Waals surface area contributed by atoms with Gasteiger partial charge in [-0.3, -0.25) is 4.98 Å². The standard InChI is InChI=1S/C12H16ClNO/c1-3-12(2)10(13)7-11(12)15-9-5-4-6-14-8-9/h4-6,8,10-11H,3,7H2,1-2H3. The fourth-order valence-corrected chi connectivity index (χ4v) is 2.44. The maximum Gasteiger partial charge on any atom is 0.138 e. The summed E-state index contributed by atoms with van der Waals surface area (Å²) in [6.45, 7) is 4.35. The first-order valence-corrected chi connectivity index (χ1v) is 5.81. The van der Waals surface area contributed by atoms with Crippen LogP contribution in [0.3, 0.4) is 0 Å². The van der Waals surface area contributed by atoms with Gasteiger partial charge in [0.1, 0.15) is 11.9 Å². The lowest BCUT2D eigenvalue weighted by molar-refractivity contribution is -0.0296. The van der Waals surface area contributed by atoms with Crippen molar-refractivity contribution in [1.29, 1.82) is 0 Å². The van der Waals surface area contributed by atoms with Crippen molar-refractivity contribution >= 4 is 11.6 Å². The van der Waals surface area contributed by atoms with Gasteiger partial charge in [-0.1, -0.05) is 13.8 Å². The minimum absolute atomic E-state index is 0.109. The van der Waals surface area contributed by atoms with Crippen LogP contribution in [0.1, 0.15) is 26.7 Å². The molecule has 3 atom stereocenters. The highest BCUT2D eigenvalue weighted by Crippen LogP contribution is 2.49. The first kappa shape index (κ1) is 10.7. The van der Waals surface area contributed by atoms with Crippen molar-refractivity contribution in [3.05, 3.63) is 24.5 Å². The largest absolute Gasteiger partial charge is 0.488 e. The molecule has 1 aliphatic rings. The molecule has 3 heteroatoms. The third kappa shape index (κ3) is 1.83. The van der Waals surface area contributed by atoms with E-state index in [1.165, 1.54) is 0 Å². The first-order valence-electron chi connectivity index (χ1n) is 5.37. The molecule has 1 heterocycles. The topological polar surface area (TPSA) is 22.1 Å². The number of hydrogen-bond donors (Lipinski definition) is 0. The number of aromatic nitrogens is 1. The predicted molar refractivity (Wildman–Crippen MR) is 61.3 cm³/mol. The van der Waals surface area contributed by atoms with Gasteiger partial charge in [0.05, 0.1) is 6.20 Å². The Balaban J connectivity index is 2.03. The molecule has 0 saturated heterocycles. The maximum absolute atomic E-state index is 6.22. The lowest BCUT2D eigenvalue weighted by atomic mass is 9.65. The van der Waals surface area contributed by atoms with Crippen LogP contribution >= 0.6 is 11.6 Å². The van der Waals surface area contributed by atoms with Crippen LogP contribution in [0.4, 0.5) is 0 Å². The van der Waals surface area contributed by atoms with E-state index in [1.807, 2.05) is 12.1 Å². The fourth-order valence-electron chi connectivity index (χ4n) is 1.98. The van der Waals surface area contributed by atoms with E-state index in [1.54, 1.807) is 12.4 Å². The van der Waals surface area contributed by atoms with E-state index in [9.17, 15) is 0 Å². The predicted octanol–water partition coefficient (Wildman–Crippen LogP) is 3.26. The monoisotopic (exact) mass is 225 g/mol. The Morgan fingerprint density at radius 1 is 1.67 bits per heavy atom. The summed E-state index contributed by atoms with van der Waals surface area (Å²) >= 11 is 6.22. The highest BCUT2D eigenvalue weighted by atomic mass is 35.5. The number of ether oxygens (including phenoxy) is 1. The zero-order valence-electron chi connectivity index (χ0n) is 9.11. The van der Waals surface area contributed by atoms with E-state index in [4.69, 9.17) is 16.3 Å². The van der Waals surface area contributed by atoms with Crippen molar-refractivity contribution in [2.24, 2.45) is 5.41 Å². The summed E-state index contributed by atoms with van der Waals surface area (Å²) in [5.74, 6) is 0.839. The highest BCUT2D eigenvalue weighted by molar-refractivity contribution is 6.21. The number of nitrogens with zero attached hydrogens (tertiary/aromatic N) is 1. The van der Waals surface area contributed by atoms with E-state index < -0.39 is 0 Å². The van der Waals surface area contributed by atoms with Crippen LogP contribution in [0.2, 0.25) is 0 Å². The first-order chi connectivity index (χ1) is 7.16.